The van der Waals surface area contributed by atoms with Gasteiger partial charge in [-0.3, -0.25) is 0 Å². The Balaban J connectivity index is 1.83. The van der Waals surface area contributed by atoms with Gasteiger partial charge in [0.25, 0.3) is 0 Å². The highest BCUT2D eigenvalue weighted by Crippen LogP contribution is 2.33. The van der Waals surface area contributed by atoms with E-state index in [1.807, 2.05) is 17.4 Å². The van der Waals surface area contributed by atoms with Gasteiger partial charge in [0, 0.05) is 47.4 Å². The second-order valence-electron chi connectivity index (χ2n) is 10.6. The van der Waals surface area contributed by atoms with Crippen LogP contribution in [0.2, 0.25) is 0 Å². The standard InChI is InChI=1S/C30H42N6OS/c1-9-13-18-35(12-4)26-17-15-22(38-26)20-24-27(30(5,6)7)32-36-29(24)31-28(33-36)23-19-21(34(10-2)11-3)14-16-25(23)37-8/h14-17,19-20H,9-13,18H2,1-8H3/b24-20-. The van der Waals surface area contributed by atoms with Crippen molar-refractivity contribution in [1.82, 2.24) is 19.8 Å². The molecule has 4 rings (SSSR count). The molecule has 1 aromatic carbocycles. The average molecular weight is 535 g/mol. The molecule has 0 spiro atoms. The SMILES string of the molecule is CCCCN(CC)c1ccc(/C=c2/c(C(C)(C)C)nn3nc(-c4cc(N(CC)CC)ccc4OC)nc23)s1. The van der Waals surface area contributed by atoms with E-state index in [1.54, 1.807) is 11.7 Å². The van der Waals surface area contributed by atoms with Crippen LogP contribution in [-0.4, -0.2) is 53.1 Å². The summed E-state index contributed by atoms with van der Waals surface area (Å²) in [7, 11) is 1.69. The molecule has 3 heterocycles. The van der Waals surface area contributed by atoms with Crippen LogP contribution in [0.4, 0.5) is 10.7 Å². The summed E-state index contributed by atoms with van der Waals surface area (Å²) in [4.78, 5) is 11.0. The molecule has 0 saturated carbocycles. The van der Waals surface area contributed by atoms with Crippen molar-refractivity contribution < 1.29 is 4.74 Å². The molecule has 0 aliphatic heterocycles. The highest BCUT2D eigenvalue weighted by Gasteiger charge is 2.24. The Morgan fingerprint density at radius 1 is 0.974 bits per heavy atom. The summed E-state index contributed by atoms with van der Waals surface area (Å²) in [6, 6.07) is 10.7. The molecule has 0 radical (unpaired) electrons. The molecule has 0 aliphatic carbocycles. The van der Waals surface area contributed by atoms with E-state index in [0.717, 1.165) is 59.7 Å². The molecule has 4 aromatic rings. The first-order chi connectivity index (χ1) is 18.2. The third-order valence-corrected chi connectivity index (χ3v) is 8.01. The maximum absolute atomic E-state index is 5.70. The van der Waals surface area contributed by atoms with Crippen molar-refractivity contribution >= 4 is 33.7 Å². The number of aromatic nitrogens is 4. The molecule has 0 amide bonds. The Morgan fingerprint density at radius 3 is 2.34 bits per heavy atom. The fraction of sp³-hybridized carbons (Fsp3) is 0.500. The summed E-state index contributed by atoms with van der Waals surface area (Å²) in [6.45, 7) is 19.3. The van der Waals surface area contributed by atoms with Crippen LogP contribution in [-0.2, 0) is 5.41 Å². The first-order valence-corrected chi connectivity index (χ1v) is 14.6. The fourth-order valence-corrected chi connectivity index (χ4v) is 5.80. The minimum atomic E-state index is -0.147. The molecule has 204 valence electrons. The van der Waals surface area contributed by atoms with Gasteiger partial charge < -0.3 is 14.5 Å². The molecular formula is C30H42N6OS. The Hall–Kier alpha value is -3.13. The van der Waals surface area contributed by atoms with E-state index in [0.29, 0.717) is 5.82 Å². The highest BCUT2D eigenvalue weighted by molar-refractivity contribution is 7.16. The van der Waals surface area contributed by atoms with E-state index in [-0.39, 0.29) is 5.41 Å². The first-order valence-electron chi connectivity index (χ1n) is 13.8. The number of fused-ring (bicyclic) bond motifs is 1. The summed E-state index contributed by atoms with van der Waals surface area (Å²) >= 11 is 1.82. The van der Waals surface area contributed by atoms with E-state index < -0.39 is 0 Å². The molecule has 0 saturated heterocycles. The average Bonchev–Trinajstić information content (AvgIpc) is 3.61. The van der Waals surface area contributed by atoms with Crippen LogP contribution in [0.5, 0.6) is 5.75 Å². The summed E-state index contributed by atoms with van der Waals surface area (Å²) in [6.07, 6.45) is 4.63. The van der Waals surface area contributed by atoms with E-state index in [9.17, 15) is 0 Å². The molecular weight excluding hydrogens is 492 g/mol. The molecule has 0 bridgehead atoms. The van der Waals surface area contributed by atoms with Gasteiger partial charge >= 0.3 is 0 Å². The number of hydrogen-bond donors (Lipinski definition) is 0. The Bertz CT molecular complexity index is 1410. The maximum atomic E-state index is 5.70. The number of nitrogens with zero attached hydrogens (tertiary/aromatic N) is 6. The van der Waals surface area contributed by atoms with Gasteiger partial charge in [-0.05, 0) is 63.6 Å². The number of hydrogen-bond acceptors (Lipinski definition) is 7. The molecule has 0 fully saturated rings. The van der Waals surface area contributed by atoms with Crippen LogP contribution in [0.15, 0.2) is 30.3 Å². The summed E-state index contributed by atoms with van der Waals surface area (Å²) < 4.78 is 7.40. The van der Waals surface area contributed by atoms with E-state index in [2.05, 4.69) is 88.6 Å². The lowest BCUT2D eigenvalue weighted by Gasteiger charge is -2.22. The van der Waals surface area contributed by atoms with Crippen molar-refractivity contribution in [2.24, 2.45) is 0 Å². The summed E-state index contributed by atoms with van der Waals surface area (Å²) in [5, 5.41) is 12.1. The monoisotopic (exact) mass is 534 g/mol. The van der Waals surface area contributed by atoms with Gasteiger partial charge in [-0.15, -0.1) is 21.1 Å². The molecule has 3 aromatic heterocycles. The van der Waals surface area contributed by atoms with Crippen LogP contribution < -0.4 is 19.8 Å². The molecule has 0 N–H and O–H groups in total. The smallest absolute Gasteiger partial charge is 0.187 e. The molecule has 7 nitrogen and oxygen atoms in total. The van der Waals surface area contributed by atoms with E-state index in [1.165, 1.54) is 22.7 Å². The second-order valence-corrected chi connectivity index (χ2v) is 11.7. The predicted octanol–water partition coefficient (Wildman–Crippen LogP) is 6.18. The van der Waals surface area contributed by atoms with Gasteiger partial charge in [-0.25, -0.2) is 4.98 Å². The van der Waals surface area contributed by atoms with Gasteiger partial charge in [-0.2, -0.15) is 5.10 Å². The van der Waals surface area contributed by atoms with E-state index in [4.69, 9.17) is 19.9 Å². The molecule has 0 aliphatic rings. The molecule has 8 heteroatoms. The minimum absolute atomic E-state index is 0.147. The van der Waals surface area contributed by atoms with Crippen LogP contribution in [0.1, 0.15) is 71.9 Å². The van der Waals surface area contributed by atoms with Crippen LogP contribution in [0.25, 0.3) is 23.1 Å². The quantitative estimate of drug-likeness (QED) is 0.229. The van der Waals surface area contributed by atoms with Crippen molar-refractivity contribution in [2.75, 3.05) is 43.1 Å². The number of rotatable bonds is 11. The van der Waals surface area contributed by atoms with Gasteiger partial charge in [0.2, 0.25) is 0 Å². The molecule has 0 unspecified atom stereocenters. The number of methoxy groups -OCH3 is 1. The fourth-order valence-electron chi connectivity index (χ4n) is 4.76. The van der Waals surface area contributed by atoms with Crippen molar-refractivity contribution in [2.45, 2.75) is 66.7 Å². The summed E-state index contributed by atoms with van der Waals surface area (Å²) in [5.74, 6) is 1.38. The summed E-state index contributed by atoms with van der Waals surface area (Å²) in [5.41, 5.74) is 3.62. The van der Waals surface area contributed by atoms with E-state index >= 15 is 0 Å². The third-order valence-electron chi connectivity index (χ3n) is 6.92. The lowest BCUT2D eigenvalue weighted by molar-refractivity contribution is 0.416. The molecule has 38 heavy (non-hydrogen) atoms. The topological polar surface area (TPSA) is 58.8 Å². The van der Waals surface area contributed by atoms with Crippen molar-refractivity contribution in [3.05, 3.63) is 46.1 Å². The predicted molar refractivity (Wildman–Crippen MR) is 161 cm³/mol. The Morgan fingerprint density at radius 2 is 1.71 bits per heavy atom. The molecule has 0 atom stereocenters. The largest absolute Gasteiger partial charge is 0.496 e. The number of unbranched alkanes of at least 4 members (excludes halogenated alkanes) is 1. The number of anilines is 2. The van der Waals surface area contributed by atoms with Gasteiger partial charge in [0.15, 0.2) is 11.5 Å². The van der Waals surface area contributed by atoms with Gasteiger partial charge in [0.05, 0.1) is 23.4 Å². The van der Waals surface area contributed by atoms with Gasteiger partial charge in [-0.1, -0.05) is 34.1 Å². The van der Waals surface area contributed by atoms with Gasteiger partial charge in [0.1, 0.15) is 5.75 Å². The van der Waals surface area contributed by atoms with Crippen molar-refractivity contribution in [3.8, 4) is 17.1 Å². The Kier molecular flexibility index (Phi) is 8.61. The van der Waals surface area contributed by atoms with Crippen LogP contribution in [0, 0.1) is 0 Å². The van der Waals surface area contributed by atoms with Crippen molar-refractivity contribution in [1.29, 1.82) is 0 Å². The second kappa shape index (κ2) is 11.7. The third kappa shape index (κ3) is 5.65. The number of benzene rings is 1. The minimum Gasteiger partial charge on any atom is -0.496 e. The zero-order valence-electron chi connectivity index (χ0n) is 24.2. The zero-order chi connectivity index (χ0) is 27.4. The van der Waals surface area contributed by atoms with Crippen LogP contribution in [0.3, 0.4) is 0 Å². The lowest BCUT2D eigenvalue weighted by atomic mass is 9.91. The lowest BCUT2D eigenvalue weighted by Crippen LogP contribution is -2.22. The van der Waals surface area contributed by atoms with Crippen LogP contribution >= 0.6 is 11.3 Å². The first kappa shape index (κ1) is 27.9. The highest BCUT2D eigenvalue weighted by atomic mass is 32.1. The number of ether oxygens (including phenoxy) is 1. The normalized spacial score (nSPS) is 12.5. The van der Waals surface area contributed by atoms with Crippen molar-refractivity contribution in [3.63, 3.8) is 0 Å². The maximum Gasteiger partial charge on any atom is 0.187 e. The Labute approximate surface area is 231 Å². The number of thiophene rings is 1. The zero-order valence-corrected chi connectivity index (χ0v) is 25.0.